The average Bonchev–Trinajstić information content (AvgIpc) is 2.63. The number of amides is 1. The molecule has 0 saturated carbocycles. The van der Waals surface area contributed by atoms with Crippen molar-refractivity contribution in [2.24, 2.45) is 0 Å². The number of hydrogen-bond acceptors (Lipinski definition) is 5. The molecule has 0 aliphatic carbocycles. The van der Waals surface area contributed by atoms with Crippen LogP contribution in [0.25, 0.3) is 0 Å². The molecular formula is C8H10N4OS. The first-order valence-electron chi connectivity index (χ1n) is 4.26. The van der Waals surface area contributed by atoms with E-state index in [2.05, 4.69) is 14.9 Å². The quantitative estimate of drug-likeness (QED) is 0.743. The topological polar surface area (TPSA) is 78.7 Å². The number of aromatic nitrogens is 2. The van der Waals surface area contributed by atoms with Gasteiger partial charge < -0.3 is 5.32 Å². The Hall–Kier alpha value is -1.48. The van der Waals surface area contributed by atoms with Crippen molar-refractivity contribution in [2.75, 3.05) is 6.54 Å². The molecule has 5 nitrogen and oxygen atoms in total. The second-order valence-electron chi connectivity index (χ2n) is 2.64. The number of rotatable bonds is 4. The van der Waals surface area contributed by atoms with Crippen LogP contribution in [0, 0.1) is 11.3 Å². The second kappa shape index (κ2) is 5.29. The highest BCUT2D eigenvalue weighted by Gasteiger charge is 2.14. The van der Waals surface area contributed by atoms with Gasteiger partial charge in [-0.25, -0.2) is 0 Å². The van der Waals surface area contributed by atoms with Crippen molar-refractivity contribution in [2.45, 2.75) is 19.8 Å². The fourth-order valence-electron chi connectivity index (χ4n) is 0.982. The van der Waals surface area contributed by atoms with Crippen molar-refractivity contribution >= 4 is 17.4 Å². The average molecular weight is 210 g/mol. The lowest BCUT2D eigenvalue weighted by atomic mass is 10.2. The van der Waals surface area contributed by atoms with Crippen molar-refractivity contribution < 1.29 is 4.79 Å². The Kier molecular flexibility index (Phi) is 4.01. The molecule has 0 radical (unpaired) electrons. The molecule has 0 saturated heterocycles. The van der Waals surface area contributed by atoms with Crippen molar-refractivity contribution in [3.8, 4) is 6.07 Å². The summed E-state index contributed by atoms with van der Waals surface area (Å²) in [6.45, 7) is 2.03. The predicted octanol–water partition coefficient (Wildman–Crippen LogP) is 0.744. The maximum Gasteiger partial charge on any atom is 0.265 e. The SMILES string of the molecule is CCCc1nnsc1C(=O)NCC#N. The Balaban J connectivity index is 2.69. The summed E-state index contributed by atoms with van der Waals surface area (Å²) in [5.41, 5.74) is 0.716. The molecule has 1 amide bonds. The van der Waals surface area contributed by atoms with Gasteiger partial charge in [-0.15, -0.1) is 5.10 Å². The van der Waals surface area contributed by atoms with E-state index in [0.29, 0.717) is 10.6 Å². The molecule has 0 atom stereocenters. The molecule has 0 unspecified atom stereocenters. The van der Waals surface area contributed by atoms with Crippen molar-refractivity contribution in [1.29, 1.82) is 5.26 Å². The Bertz CT molecular complexity index is 354. The Morgan fingerprint density at radius 1 is 1.71 bits per heavy atom. The van der Waals surface area contributed by atoms with Gasteiger partial charge in [0.25, 0.3) is 5.91 Å². The van der Waals surface area contributed by atoms with E-state index in [1.54, 1.807) is 0 Å². The molecular weight excluding hydrogens is 200 g/mol. The van der Waals surface area contributed by atoms with Crippen LogP contribution in [-0.2, 0) is 6.42 Å². The van der Waals surface area contributed by atoms with Crippen LogP contribution in [-0.4, -0.2) is 22.0 Å². The minimum atomic E-state index is -0.259. The number of nitrogens with zero attached hydrogens (tertiary/aromatic N) is 3. The molecule has 0 bridgehead atoms. The van der Waals surface area contributed by atoms with Gasteiger partial charge in [0, 0.05) is 0 Å². The lowest BCUT2D eigenvalue weighted by Gasteiger charge is -1.98. The molecule has 1 aromatic rings. The molecule has 74 valence electrons. The minimum absolute atomic E-state index is 0.0162. The number of nitrogens with one attached hydrogen (secondary N) is 1. The highest BCUT2D eigenvalue weighted by molar-refractivity contribution is 7.08. The number of carbonyl (C=O) groups is 1. The minimum Gasteiger partial charge on any atom is -0.338 e. The van der Waals surface area contributed by atoms with Crippen molar-refractivity contribution in [3.63, 3.8) is 0 Å². The van der Waals surface area contributed by atoms with Gasteiger partial charge in [-0.1, -0.05) is 17.8 Å². The largest absolute Gasteiger partial charge is 0.338 e. The Morgan fingerprint density at radius 2 is 2.50 bits per heavy atom. The fraction of sp³-hybridized carbons (Fsp3) is 0.500. The van der Waals surface area contributed by atoms with E-state index in [0.717, 1.165) is 24.4 Å². The first-order chi connectivity index (χ1) is 6.79. The van der Waals surface area contributed by atoms with Crippen LogP contribution in [0.4, 0.5) is 0 Å². The van der Waals surface area contributed by atoms with Crippen LogP contribution < -0.4 is 5.32 Å². The zero-order chi connectivity index (χ0) is 10.4. The molecule has 0 fully saturated rings. The van der Waals surface area contributed by atoms with Gasteiger partial charge in [0.2, 0.25) is 0 Å². The molecule has 1 aromatic heterocycles. The van der Waals surface area contributed by atoms with E-state index in [1.165, 1.54) is 0 Å². The maximum absolute atomic E-state index is 11.4. The van der Waals surface area contributed by atoms with E-state index < -0.39 is 0 Å². The predicted molar refractivity (Wildman–Crippen MR) is 51.9 cm³/mol. The summed E-state index contributed by atoms with van der Waals surface area (Å²) in [6.07, 6.45) is 1.66. The highest BCUT2D eigenvalue weighted by atomic mass is 32.1. The first-order valence-corrected chi connectivity index (χ1v) is 5.03. The molecule has 14 heavy (non-hydrogen) atoms. The van der Waals surface area contributed by atoms with Gasteiger partial charge >= 0.3 is 0 Å². The summed E-state index contributed by atoms with van der Waals surface area (Å²) in [7, 11) is 0. The van der Waals surface area contributed by atoms with E-state index in [-0.39, 0.29) is 12.5 Å². The fourth-order valence-corrected chi connectivity index (χ4v) is 1.61. The van der Waals surface area contributed by atoms with Crippen LogP contribution in [0.5, 0.6) is 0 Å². The van der Waals surface area contributed by atoms with Crippen LogP contribution in [0.15, 0.2) is 0 Å². The summed E-state index contributed by atoms with van der Waals surface area (Å²) in [5.74, 6) is -0.259. The normalized spacial score (nSPS) is 9.43. The molecule has 0 spiro atoms. The summed E-state index contributed by atoms with van der Waals surface area (Å²) < 4.78 is 3.72. The maximum atomic E-state index is 11.4. The molecule has 1 heterocycles. The third-order valence-corrected chi connectivity index (χ3v) is 2.34. The van der Waals surface area contributed by atoms with E-state index in [1.807, 2.05) is 13.0 Å². The highest BCUT2D eigenvalue weighted by Crippen LogP contribution is 2.11. The van der Waals surface area contributed by atoms with Gasteiger partial charge in [-0.2, -0.15) is 5.26 Å². The number of aryl methyl sites for hydroxylation is 1. The van der Waals surface area contributed by atoms with Gasteiger partial charge in [-0.3, -0.25) is 4.79 Å². The smallest absolute Gasteiger partial charge is 0.265 e. The van der Waals surface area contributed by atoms with Crippen LogP contribution in [0.1, 0.15) is 28.7 Å². The zero-order valence-electron chi connectivity index (χ0n) is 7.78. The molecule has 6 heteroatoms. The lowest BCUT2D eigenvalue weighted by Crippen LogP contribution is -2.23. The summed E-state index contributed by atoms with van der Waals surface area (Å²) in [6, 6.07) is 1.84. The molecule has 1 rings (SSSR count). The zero-order valence-corrected chi connectivity index (χ0v) is 8.60. The van der Waals surface area contributed by atoms with Gasteiger partial charge in [0.1, 0.15) is 11.4 Å². The van der Waals surface area contributed by atoms with E-state index >= 15 is 0 Å². The summed E-state index contributed by atoms with van der Waals surface area (Å²) in [4.78, 5) is 11.9. The van der Waals surface area contributed by atoms with Gasteiger partial charge in [-0.05, 0) is 18.0 Å². The van der Waals surface area contributed by atoms with Crippen LogP contribution >= 0.6 is 11.5 Å². The van der Waals surface area contributed by atoms with E-state index in [4.69, 9.17) is 5.26 Å². The van der Waals surface area contributed by atoms with Crippen LogP contribution in [0.3, 0.4) is 0 Å². The second-order valence-corrected chi connectivity index (χ2v) is 3.39. The first kappa shape index (κ1) is 10.6. The molecule has 0 aromatic carbocycles. The molecule has 0 aliphatic rings. The van der Waals surface area contributed by atoms with Gasteiger partial charge in [0.15, 0.2) is 0 Å². The monoisotopic (exact) mass is 210 g/mol. The van der Waals surface area contributed by atoms with Gasteiger partial charge in [0.05, 0.1) is 11.8 Å². The summed E-state index contributed by atoms with van der Waals surface area (Å²) >= 11 is 1.07. The third-order valence-electron chi connectivity index (χ3n) is 1.58. The van der Waals surface area contributed by atoms with Crippen LogP contribution in [0.2, 0.25) is 0 Å². The molecule has 1 N–H and O–H groups in total. The third kappa shape index (κ3) is 2.50. The standard InChI is InChI=1S/C8H10N4OS/c1-2-3-6-7(14-12-11-6)8(13)10-5-4-9/h2-3,5H2,1H3,(H,10,13). The number of carbonyl (C=O) groups excluding carboxylic acids is 1. The Morgan fingerprint density at radius 3 is 3.14 bits per heavy atom. The summed E-state index contributed by atoms with van der Waals surface area (Å²) in [5, 5.41) is 14.6. The number of hydrogen-bond donors (Lipinski definition) is 1. The number of nitriles is 1. The van der Waals surface area contributed by atoms with Crippen molar-refractivity contribution in [3.05, 3.63) is 10.6 Å². The van der Waals surface area contributed by atoms with Crippen molar-refractivity contribution in [1.82, 2.24) is 14.9 Å². The van der Waals surface area contributed by atoms with E-state index in [9.17, 15) is 4.79 Å². The lowest BCUT2D eigenvalue weighted by molar-refractivity contribution is 0.0961. The Labute approximate surface area is 85.9 Å². The molecule has 0 aliphatic heterocycles.